The van der Waals surface area contributed by atoms with E-state index in [4.69, 9.17) is 16.2 Å². The highest BCUT2D eigenvalue weighted by Gasteiger charge is 2.23. The molecular weight excluding hydrogens is 412 g/mol. The number of aromatic nitrogens is 1. The normalized spacial score (nSPS) is 11.4. The molecule has 150 valence electrons. The van der Waals surface area contributed by atoms with Crippen LogP contribution in [0.2, 0.25) is 0 Å². The molecule has 0 aliphatic carbocycles. The maximum Gasteiger partial charge on any atom is 0.357 e. The first-order chi connectivity index (χ1) is 13.2. The first-order valence-electron chi connectivity index (χ1n) is 7.34. The Bertz CT molecular complexity index is 942. The van der Waals surface area contributed by atoms with Crippen LogP contribution in [-0.2, 0) is 16.1 Å². The molecule has 2 rings (SSSR count). The fourth-order valence-electron chi connectivity index (χ4n) is 2.06. The topological polar surface area (TPSA) is 196 Å². The lowest BCUT2D eigenvalue weighted by Crippen LogP contribution is -2.25. The van der Waals surface area contributed by atoms with Crippen LogP contribution in [0.4, 0.5) is 16.4 Å². The zero-order valence-electron chi connectivity index (χ0n) is 14.3. The van der Waals surface area contributed by atoms with Crippen molar-refractivity contribution in [3.63, 3.8) is 0 Å². The van der Waals surface area contributed by atoms with Crippen molar-refractivity contribution >= 4 is 56.8 Å². The van der Waals surface area contributed by atoms with Gasteiger partial charge >= 0.3 is 5.97 Å². The van der Waals surface area contributed by atoms with Crippen molar-refractivity contribution in [3.05, 3.63) is 29.4 Å². The molecule has 1 amide bonds. The van der Waals surface area contributed by atoms with Crippen molar-refractivity contribution in [1.29, 1.82) is 0 Å². The summed E-state index contributed by atoms with van der Waals surface area (Å²) in [5, 5.41) is 11.6. The number of guanidine groups is 1. The monoisotopic (exact) mass is 427 g/mol. The summed E-state index contributed by atoms with van der Waals surface area (Å²) in [7, 11) is 1.32. The fraction of sp³-hybridized carbons (Fsp3) is 0.143. The Morgan fingerprint density at radius 2 is 2.18 bits per heavy atom. The average molecular weight is 427 g/mol. The van der Waals surface area contributed by atoms with Gasteiger partial charge in [-0.15, -0.1) is 11.3 Å². The van der Waals surface area contributed by atoms with E-state index in [0.717, 1.165) is 15.6 Å². The number of amides is 1. The van der Waals surface area contributed by atoms with E-state index in [-0.39, 0.29) is 34.6 Å². The van der Waals surface area contributed by atoms with E-state index in [0.29, 0.717) is 0 Å². The van der Waals surface area contributed by atoms with E-state index in [9.17, 15) is 23.5 Å². The van der Waals surface area contributed by atoms with Gasteiger partial charge in [-0.05, 0) is 12.1 Å². The number of ether oxygens (including phenoxy) is 1. The Kier molecular flexibility index (Phi) is 6.86. The number of nitrogens with two attached hydrogens (primary N) is 2. The third kappa shape index (κ3) is 4.93. The SMILES string of the molecule is COc1cc(N(c2scnc2C(=O)O)S(=O)[O-])ccc1NC(=O)CN=C(N)N. The lowest BCUT2D eigenvalue weighted by atomic mass is 10.2. The summed E-state index contributed by atoms with van der Waals surface area (Å²) in [5.41, 5.74) is 11.5. The van der Waals surface area contributed by atoms with Gasteiger partial charge < -0.3 is 31.2 Å². The van der Waals surface area contributed by atoms with Crippen LogP contribution in [-0.4, -0.2) is 50.3 Å². The average Bonchev–Trinajstić information content (AvgIpc) is 3.10. The van der Waals surface area contributed by atoms with Gasteiger partial charge in [0, 0.05) is 6.07 Å². The van der Waals surface area contributed by atoms with Gasteiger partial charge in [-0.2, -0.15) is 0 Å². The van der Waals surface area contributed by atoms with Crippen LogP contribution in [0.3, 0.4) is 0 Å². The molecule has 1 atom stereocenters. The zero-order valence-corrected chi connectivity index (χ0v) is 16.0. The molecule has 0 aliphatic heterocycles. The molecule has 2 aromatic rings. The Hall–Kier alpha value is -3.23. The van der Waals surface area contributed by atoms with E-state index in [1.165, 1.54) is 30.8 Å². The summed E-state index contributed by atoms with van der Waals surface area (Å²) in [4.78, 5) is 30.4. The quantitative estimate of drug-likeness (QED) is 0.254. The second kappa shape index (κ2) is 9.12. The lowest BCUT2D eigenvalue weighted by Gasteiger charge is -2.25. The van der Waals surface area contributed by atoms with Crippen molar-refractivity contribution < 1.29 is 28.2 Å². The summed E-state index contributed by atoms with van der Waals surface area (Å²) in [5.74, 6) is -2.01. The minimum absolute atomic E-state index is 0.0826. The number of carboxylic acids is 1. The highest BCUT2D eigenvalue weighted by Crippen LogP contribution is 2.37. The standard InChI is InChI=1S/C14H16N6O6S2/c1-26-9-4-7(2-3-8(9)19-10(21)5-17-14(15)16)20(28(24)25)12-11(13(22)23)18-6-27-12/h2-4,6H,5H2,1H3,(H,19,21)(H,22,23)(H,24,25)(H4,15,16,17)/p-1. The van der Waals surface area contributed by atoms with Gasteiger partial charge in [-0.25, -0.2) is 14.8 Å². The molecule has 1 unspecified atom stereocenters. The minimum Gasteiger partial charge on any atom is -0.755 e. The molecule has 0 bridgehead atoms. The number of carbonyl (C=O) groups is 2. The minimum atomic E-state index is -2.84. The number of hydrogen-bond donors (Lipinski definition) is 4. The van der Waals surface area contributed by atoms with Gasteiger partial charge in [-0.3, -0.25) is 13.3 Å². The van der Waals surface area contributed by atoms with Gasteiger partial charge in [0.1, 0.15) is 17.3 Å². The van der Waals surface area contributed by atoms with Crippen LogP contribution in [0.1, 0.15) is 10.5 Å². The Balaban J connectivity index is 2.38. The van der Waals surface area contributed by atoms with Crippen molar-refractivity contribution in [1.82, 2.24) is 4.98 Å². The van der Waals surface area contributed by atoms with E-state index in [2.05, 4.69) is 15.3 Å². The molecule has 28 heavy (non-hydrogen) atoms. The molecule has 0 saturated heterocycles. The second-order valence-electron chi connectivity index (χ2n) is 5.00. The predicted octanol–water partition coefficient (Wildman–Crippen LogP) is -0.00600. The smallest absolute Gasteiger partial charge is 0.357 e. The van der Waals surface area contributed by atoms with Gasteiger partial charge in [0.25, 0.3) is 0 Å². The highest BCUT2D eigenvalue weighted by atomic mass is 32.2. The second-order valence-corrected chi connectivity index (χ2v) is 6.63. The number of nitrogens with one attached hydrogen (secondary N) is 1. The summed E-state index contributed by atoms with van der Waals surface area (Å²) in [6, 6.07) is 4.07. The van der Waals surface area contributed by atoms with Crippen LogP contribution in [0.15, 0.2) is 28.7 Å². The summed E-state index contributed by atoms with van der Waals surface area (Å²) in [6.45, 7) is -0.313. The molecule has 14 heteroatoms. The van der Waals surface area contributed by atoms with E-state index in [1.54, 1.807) is 0 Å². The van der Waals surface area contributed by atoms with Crippen molar-refractivity contribution in [3.8, 4) is 5.75 Å². The third-order valence-corrected chi connectivity index (χ3v) is 4.80. The number of hydrogen-bond acceptors (Lipinski definition) is 8. The molecular formula is C14H15N6O6S2-. The van der Waals surface area contributed by atoms with Gasteiger partial charge in [0.2, 0.25) is 5.91 Å². The summed E-state index contributed by atoms with van der Waals surface area (Å²) in [6.07, 6.45) is 0. The molecule has 0 aliphatic rings. The van der Waals surface area contributed by atoms with Crippen molar-refractivity contribution in [2.45, 2.75) is 0 Å². The largest absolute Gasteiger partial charge is 0.755 e. The van der Waals surface area contributed by atoms with Gasteiger partial charge in [0.05, 0.1) is 35.3 Å². The number of benzene rings is 1. The molecule has 0 radical (unpaired) electrons. The van der Waals surface area contributed by atoms with Crippen LogP contribution < -0.4 is 25.8 Å². The predicted molar refractivity (Wildman–Crippen MR) is 102 cm³/mol. The van der Waals surface area contributed by atoms with E-state index >= 15 is 0 Å². The lowest BCUT2D eigenvalue weighted by molar-refractivity contribution is -0.114. The molecule has 1 aromatic carbocycles. The summed E-state index contributed by atoms with van der Waals surface area (Å²) >= 11 is -2.01. The van der Waals surface area contributed by atoms with Crippen LogP contribution >= 0.6 is 11.3 Å². The van der Waals surface area contributed by atoms with Crippen molar-refractivity contribution in [2.75, 3.05) is 23.3 Å². The fourth-order valence-corrected chi connectivity index (χ4v) is 3.59. The van der Waals surface area contributed by atoms with Crippen molar-refractivity contribution in [2.24, 2.45) is 16.5 Å². The molecule has 12 nitrogen and oxygen atoms in total. The number of carboxylic acid groups (broad SMARTS) is 1. The number of carbonyl (C=O) groups excluding carboxylic acids is 1. The molecule has 0 saturated carbocycles. The maximum atomic E-state index is 11.9. The zero-order chi connectivity index (χ0) is 20.8. The molecule has 1 aromatic heterocycles. The maximum absolute atomic E-state index is 11.9. The number of thiazole rings is 1. The highest BCUT2D eigenvalue weighted by molar-refractivity contribution is 7.81. The first kappa shape index (κ1) is 21.1. The molecule has 1 heterocycles. The Morgan fingerprint density at radius 1 is 1.46 bits per heavy atom. The number of anilines is 3. The summed E-state index contributed by atoms with van der Waals surface area (Å²) < 4.78 is 29.4. The number of aliphatic imine (C=N–C) groups is 1. The Labute approximate surface area is 165 Å². The third-order valence-electron chi connectivity index (χ3n) is 3.18. The van der Waals surface area contributed by atoms with Crippen LogP contribution in [0.5, 0.6) is 5.75 Å². The van der Waals surface area contributed by atoms with E-state index in [1.807, 2.05) is 0 Å². The first-order valence-corrected chi connectivity index (χ1v) is 9.25. The van der Waals surface area contributed by atoms with E-state index < -0.39 is 28.8 Å². The molecule has 6 N–H and O–H groups in total. The molecule has 0 spiro atoms. The molecule has 0 fully saturated rings. The Morgan fingerprint density at radius 3 is 2.75 bits per heavy atom. The number of methoxy groups -OCH3 is 1. The van der Waals surface area contributed by atoms with Crippen LogP contribution in [0.25, 0.3) is 0 Å². The number of rotatable bonds is 8. The van der Waals surface area contributed by atoms with Gasteiger partial charge in [0.15, 0.2) is 11.7 Å². The van der Waals surface area contributed by atoms with Gasteiger partial charge in [-0.1, -0.05) is 0 Å². The van der Waals surface area contributed by atoms with Crippen LogP contribution in [0, 0.1) is 0 Å². The number of aromatic carboxylic acids is 1. The number of nitrogens with zero attached hydrogens (tertiary/aromatic N) is 3.